The zero-order valence-corrected chi connectivity index (χ0v) is 15.9. The Morgan fingerprint density at radius 3 is 2.67 bits per heavy atom. The molecule has 2 aliphatic rings. The third kappa shape index (κ3) is 5.35. The first-order valence-electron chi connectivity index (χ1n) is 9.85. The summed E-state index contributed by atoms with van der Waals surface area (Å²) in [6.07, 6.45) is 2.72. The summed E-state index contributed by atoms with van der Waals surface area (Å²) in [6.45, 7) is 5.44. The Hall–Kier alpha value is -2.28. The number of carboxylic acid groups (broad SMARTS) is 1. The van der Waals surface area contributed by atoms with Gasteiger partial charge in [-0.1, -0.05) is 25.1 Å². The first kappa shape index (κ1) is 19.5. The first-order valence-corrected chi connectivity index (χ1v) is 9.85. The fourth-order valence-corrected chi connectivity index (χ4v) is 4.02. The Morgan fingerprint density at radius 1 is 1.26 bits per heavy atom. The Kier molecular flexibility index (Phi) is 6.55. The van der Waals surface area contributed by atoms with Crippen molar-refractivity contribution >= 4 is 17.7 Å². The van der Waals surface area contributed by atoms with E-state index in [-0.39, 0.29) is 24.7 Å². The van der Waals surface area contributed by atoms with Crippen LogP contribution in [0.2, 0.25) is 0 Å². The molecule has 1 aliphatic carbocycles. The van der Waals surface area contributed by atoms with E-state index in [1.807, 2.05) is 17.9 Å². The number of nitrogens with zero attached hydrogens (tertiary/aromatic N) is 2. The summed E-state index contributed by atoms with van der Waals surface area (Å²) in [5, 5.41) is 14.9. The Balaban J connectivity index is 1.33. The van der Waals surface area contributed by atoms with Gasteiger partial charge < -0.3 is 20.6 Å². The van der Waals surface area contributed by atoms with Gasteiger partial charge in [0, 0.05) is 37.4 Å². The molecular formula is C20H30N4O3. The lowest BCUT2D eigenvalue weighted by Crippen LogP contribution is -2.56. The van der Waals surface area contributed by atoms with Crippen LogP contribution in [0.15, 0.2) is 30.3 Å². The summed E-state index contributed by atoms with van der Waals surface area (Å²) in [4.78, 5) is 27.3. The average Bonchev–Trinajstić information content (AvgIpc) is 3.10. The number of nitrogens with one attached hydrogen (secondary N) is 2. The second kappa shape index (κ2) is 9.08. The summed E-state index contributed by atoms with van der Waals surface area (Å²) in [5.41, 5.74) is 1.24. The van der Waals surface area contributed by atoms with Gasteiger partial charge in [0.15, 0.2) is 0 Å². The van der Waals surface area contributed by atoms with Crippen molar-refractivity contribution in [3.8, 4) is 0 Å². The van der Waals surface area contributed by atoms with E-state index in [1.165, 1.54) is 5.69 Å². The van der Waals surface area contributed by atoms with Gasteiger partial charge >= 0.3 is 12.0 Å². The van der Waals surface area contributed by atoms with Crippen LogP contribution in [0.4, 0.5) is 10.5 Å². The molecule has 1 heterocycles. The van der Waals surface area contributed by atoms with Gasteiger partial charge in [-0.2, -0.15) is 0 Å². The quantitative estimate of drug-likeness (QED) is 0.646. The number of hydrogen-bond donors (Lipinski definition) is 3. The van der Waals surface area contributed by atoms with E-state index >= 15 is 0 Å². The van der Waals surface area contributed by atoms with Gasteiger partial charge in [0.25, 0.3) is 0 Å². The van der Waals surface area contributed by atoms with Crippen LogP contribution in [0, 0.1) is 5.92 Å². The van der Waals surface area contributed by atoms with Crippen LogP contribution in [0.25, 0.3) is 0 Å². The number of benzene rings is 1. The van der Waals surface area contributed by atoms with Crippen molar-refractivity contribution in [2.24, 2.45) is 5.92 Å². The molecule has 1 saturated carbocycles. The fourth-order valence-electron chi connectivity index (χ4n) is 4.02. The highest BCUT2D eigenvalue weighted by molar-refractivity contribution is 5.74. The highest BCUT2D eigenvalue weighted by Gasteiger charge is 2.34. The fraction of sp³-hybridized carbons (Fsp3) is 0.600. The highest BCUT2D eigenvalue weighted by Crippen LogP contribution is 2.26. The summed E-state index contributed by atoms with van der Waals surface area (Å²) in [5.74, 6) is -0.330. The van der Waals surface area contributed by atoms with Crippen molar-refractivity contribution in [3.63, 3.8) is 0 Å². The normalized spacial score (nSPS) is 24.5. The Labute approximate surface area is 160 Å². The van der Waals surface area contributed by atoms with E-state index in [1.54, 1.807) is 0 Å². The zero-order valence-electron chi connectivity index (χ0n) is 15.9. The van der Waals surface area contributed by atoms with Crippen LogP contribution in [0.1, 0.15) is 26.2 Å². The molecule has 2 amide bonds. The SMILES string of the molecule is CCN(CC(=O)O)C1CC(NC(=O)NCC2CCN(c3ccccc3)C2)C1. The lowest BCUT2D eigenvalue weighted by molar-refractivity contribution is -0.139. The summed E-state index contributed by atoms with van der Waals surface area (Å²) < 4.78 is 0. The van der Waals surface area contributed by atoms with E-state index in [9.17, 15) is 9.59 Å². The number of carboxylic acids is 1. The number of carbonyl (C=O) groups excluding carboxylic acids is 1. The van der Waals surface area contributed by atoms with Gasteiger partial charge in [-0.25, -0.2) is 4.79 Å². The molecule has 3 N–H and O–H groups in total. The molecule has 0 spiro atoms. The minimum absolute atomic E-state index is 0.0691. The van der Waals surface area contributed by atoms with Crippen LogP contribution in [0.3, 0.4) is 0 Å². The third-order valence-corrected chi connectivity index (χ3v) is 5.67. The molecule has 1 aromatic carbocycles. The number of urea groups is 1. The molecule has 1 aromatic rings. The number of para-hydroxylation sites is 1. The second-order valence-electron chi connectivity index (χ2n) is 7.57. The number of carbonyl (C=O) groups is 2. The van der Waals surface area contributed by atoms with Crippen molar-refractivity contribution in [3.05, 3.63) is 30.3 Å². The van der Waals surface area contributed by atoms with E-state index in [0.29, 0.717) is 12.5 Å². The van der Waals surface area contributed by atoms with E-state index in [2.05, 4.69) is 39.8 Å². The predicted molar refractivity (Wildman–Crippen MR) is 105 cm³/mol. The first-order chi connectivity index (χ1) is 13.0. The van der Waals surface area contributed by atoms with Gasteiger partial charge in [-0.15, -0.1) is 0 Å². The van der Waals surface area contributed by atoms with Gasteiger partial charge in [0.1, 0.15) is 0 Å². The van der Waals surface area contributed by atoms with Crippen molar-refractivity contribution in [1.29, 1.82) is 0 Å². The Morgan fingerprint density at radius 2 is 2.00 bits per heavy atom. The lowest BCUT2D eigenvalue weighted by atomic mass is 9.85. The molecule has 0 aromatic heterocycles. The molecule has 2 fully saturated rings. The monoisotopic (exact) mass is 374 g/mol. The number of amides is 2. The van der Waals surface area contributed by atoms with E-state index < -0.39 is 5.97 Å². The van der Waals surface area contributed by atoms with Crippen molar-refractivity contribution in [2.45, 2.75) is 38.3 Å². The minimum Gasteiger partial charge on any atom is -0.480 e. The van der Waals surface area contributed by atoms with Crippen LogP contribution in [0.5, 0.6) is 0 Å². The van der Waals surface area contributed by atoms with Crippen LogP contribution >= 0.6 is 0 Å². The molecule has 27 heavy (non-hydrogen) atoms. The number of anilines is 1. The maximum atomic E-state index is 12.1. The van der Waals surface area contributed by atoms with Crippen LogP contribution < -0.4 is 15.5 Å². The molecule has 0 radical (unpaired) electrons. The standard InChI is InChI=1S/C20H30N4O3/c1-2-23(14-19(25)26)18-10-16(11-18)22-20(27)21-12-15-8-9-24(13-15)17-6-4-3-5-7-17/h3-7,15-16,18H,2,8-14H2,1H3,(H,25,26)(H2,21,22,27). The van der Waals surface area contributed by atoms with Crippen molar-refractivity contribution < 1.29 is 14.7 Å². The van der Waals surface area contributed by atoms with Crippen LogP contribution in [-0.2, 0) is 4.79 Å². The summed E-state index contributed by atoms with van der Waals surface area (Å²) >= 11 is 0. The van der Waals surface area contributed by atoms with E-state index in [4.69, 9.17) is 5.11 Å². The van der Waals surface area contributed by atoms with Crippen LogP contribution in [-0.4, -0.2) is 66.8 Å². The lowest BCUT2D eigenvalue weighted by Gasteiger charge is -2.42. The second-order valence-corrected chi connectivity index (χ2v) is 7.57. The average molecular weight is 374 g/mol. The summed E-state index contributed by atoms with van der Waals surface area (Å²) in [7, 11) is 0. The van der Waals surface area contributed by atoms with E-state index in [0.717, 1.165) is 38.9 Å². The van der Waals surface area contributed by atoms with Gasteiger partial charge in [0.05, 0.1) is 6.54 Å². The number of hydrogen-bond acceptors (Lipinski definition) is 4. The molecule has 0 bridgehead atoms. The third-order valence-electron chi connectivity index (χ3n) is 5.67. The van der Waals surface area contributed by atoms with Gasteiger partial charge in [0.2, 0.25) is 0 Å². The molecular weight excluding hydrogens is 344 g/mol. The minimum atomic E-state index is -0.799. The highest BCUT2D eigenvalue weighted by atomic mass is 16.4. The summed E-state index contributed by atoms with van der Waals surface area (Å²) in [6, 6.07) is 10.7. The molecule has 1 atom stereocenters. The Bertz CT molecular complexity index is 633. The smallest absolute Gasteiger partial charge is 0.317 e. The molecule has 7 nitrogen and oxygen atoms in total. The molecule has 1 saturated heterocycles. The zero-order chi connectivity index (χ0) is 19.2. The maximum Gasteiger partial charge on any atom is 0.317 e. The molecule has 1 unspecified atom stereocenters. The van der Waals surface area contributed by atoms with Crippen molar-refractivity contribution in [1.82, 2.24) is 15.5 Å². The maximum absolute atomic E-state index is 12.1. The number of aliphatic carboxylic acids is 1. The van der Waals surface area contributed by atoms with Gasteiger partial charge in [-0.3, -0.25) is 9.69 Å². The molecule has 148 valence electrons. The molecule has 3 rings (SSSR count). The van der Waals surface area contributed by atoms with Gasteiger partial charge in [-0.05, 0) is 43.9 Å². The number of rotatable bonds is 8. The molecule has 7 heteroatoms. The largest absolute Gasteiger partial charge is 0.480 e. The predicted octanol–water partition coefficient (Wildman–Crippen LogP) is 1.75. The number of likely N-dealkylation sites (N-methyl/N-ethyl adjacent to an activating group) is 1. The van der Waals surface area contributed by atoms with Crippen molar-refractivity contribution in [2.75, 3.05) is 37.6 Å². The molecule has 1 aliphatic heterocycles. The topological polar surface area (TPSA) is 84.9 Å².